The van der Waals surface area contributed by atoms with Crippen LogP contribution in [0.4, 0.5) is 10.7 Å². The molecule has 0 saturated carbocycles. The predicted octanol–water partition coefficient (Wildman–Crippen LogP) is 3.50. The normalized spacial score (nSPS) is 11.4. The summed E-state index contributed by atoms with van der Waals surface area (Å²) in [5.74, 6) is -1.76. The van der Waals surface area contributed by atoms with E-state index in [1.807, 2.05) is 0 Å². The minimum absolute atomic E-state index is 0.0223. The lowest BCUT2D eigenvalue weighted by Crippen LogP contribution is -2.25. The number of anilines is 1. The Bertz CT molecular complexity index is 1470. The van der Waals surface area contributed by atoms with Gasteiger partial charge in [0.1, 0.15) is 9.88 Å². The molecule has 3 aromatic rings. The number of carbonyl (C=O) groups is 4. The van der Waals surface area contributed by atoms with Crippen molar-refractivity contribution in [1.82, 2.24) is 20.1 Å². The first kappa shape index (κ1) is 31.2. The second kappa shape index (κ2) is 13.8. The zero-order valence-corrected chi connectivity index (χ0v) is 24.5. The summed E-state index contributed by atoms with van der Waals surface area (Å²) in [4.78, 5) is 60.9. The fourth-order valence-electron chi connectivity index (χ4n) is 3.46. The van der Waals surface area contributed by atoms with Crippen molar-refractivity contribution in [2.75, 3.05) is 18.5 Å². The van der Waals surface area contributed by atoms with E-state index in [-0.39, 0.29) is 46.5 Å². The molecule has 1 atom stereocenters. The van der Waals surface area contributed by atoms with Gasteiger partial charge >= 0.3 is 11.9 Å². The van der Waals surface area contributed by atoms with Gasteiger partial charge in [0.2, 0.25) is 5.91 Å². The summed E-state index contributed by atoms with van der Waals surface area (Å²) in [6.45, 7) is 6.84. The molecule has 0 aliphatic rings. The number of thiophene rings is 1. The molecule has 2 amide bonds. The fourth-order valence-corrected chi connectivity index (χ4v) is 5.39. The number of ether oxygens (including phenoxy) is 2. The standard InChI is InChI=1S/C25H28N6O8S2/c1-6-38-23(34)18-13(3)19(24(35)39-7-2)41-22(18)27-20(32)14(4)40-25-29-28-17(30(25)5)12-26-21(33)15-8-10-16(11-9-15)31(36)37/h8-11,14H,6-7,12H2,1-5H3,(H,26,33)(H,27,32)/t14-/m0/s1. The molecule has 16 heteroatoms. The topological polar surface area (TPSA) is 185 Å². The summed E-state index contributed by atoms with van der Waals surface area (Å²) in [5.41, 5.74) is 0.571. The number of aromatic nitrogens is 3. The lowest BCUT2D eigenvalue weighted by atomic mass is 10.1. The molecule has 1 aromatic carbocycles. The SMILES string of the molecule is CCOC(=O)c1sc(NC(=O)[C@H](C)Sc2nnc(CNC(=O)c3ccc([N+](=O)[O-])cc3)n2C)c(C(=O)OCC)c1C. The number of hydrogen-bond acceptors (Lipinski definition) is 12. The van der Waals surface area contributed by atoms with Crippen LogP contribution in [0, 0.1) is 17.0 Å². The van der Waals surface area contributed by atoms with Crippen LogP contribution in [-0.2, 0) is 27.9 Å². The monoisotopic (exact) mass is 604 g/mol. The third-order valence-corrected chi connectivity index (χ3v) is 7.97. The minimum Gasteiger partial charge on any atom is -0.462 e. The Morgan fingerprint density at radius 2 is 1.73 bits per heavy atom. The summed E-state index contributed by atoms with van der Waals surface area (Å²) >= 11 is 2.03. The highest BCUT2D eigenvalue weighted by atomic mass is 32.2. The molecule has 0 spiro atoms. The van der Waals surface area contributed by atoms with Gasteiger partial charge in [0.15, 0.2) is 11.0 Å². The second-order valence-corrected chi connectivity index (χ2v) is 10.7. The van der Waals surface area contributed by atoms with E-state index in [4.69, 9.17) is 9.47 Å². The number of nitrogens with zero attached hydrogens (tertiary/aromatic N) is 4. The maximum Gasteiger partial charge on any atom is 0.348 e. The third kappa shape index (κ3) is 7.46. The number of benzene rings is 1. The van der Waals surface area contributed by atoms with Crippen LogP contribution in [0.15, 0.2) is 29.4 Å². The average molecular weight is 605 g/mol. The van der Waals surface area contributed by atoms with Gasteiger partial charge < -0.3 is 24.7 Å². The van der Waals surface area contributed by atoms with Crippen molar-refractivity contribution in [2.45, 2.75) is 44.6 Å². The van der Waals surface area contributed by atoms with Crippen LogP contribution in [0.3, 0.4) is 0 Å². The number of hydrogen-bond donors (Lipinski definition) is 2. The number of thioether (sulfide) groups is 1. The van der Waals surface area contributed by atoms with Gasteiger partial charge in [-0.25, -0.2) is 9.59 Å². The van der Waals surface area contributed by atoms with E-state index in [0.29, 0.717) is 16.5 Å². The highest BCUT2D eigenvalue weighted by Gasteiger charge is 2.29. The Labute approximate surface area is 243 Å². The Balaban J connectivity index is 1.68. The van der Waals surface area contributed by atoms with Gasteiger partial charge in [-0.3, -0.25) is 19.7 Å². The maximum atomic E-state index is 13.1. The van der Waals surface area contributed by atoms with Crippen LogP contribution >= 0.6 is 23.1 Å². The second-order valence-electron chi connectivity index (χ2n) is 8.40. The van der Waals surface area contributed by atoms with Crippen LogP contribution in [0.1, 0.15) is 62.5 Å². The number of amides is 2. The van der Waals surface area contributed by atoms with Gasteiger partial charge in [-0.2, -0.15) is 0 Å². The molecule has 0 bridgehead atoms. The molecule has 218 valence electrons. The summed E-state index contributed by atoms with van der Waals surface area (Å²) < 4.78 is 11.8. The van der Waals surface area contributed by atoms with E-state index in [2.05, 4.69) is 20.8 Å². The predicted molar refractivity (Wildman–Crippen MR) is 150 cm³/mol. The quantitative estimate of drug-likeness (QED) is 0.133. The van der Waals surface area contributed by atoms with E-state index in [1.165, 1.54) is 24.3 Å². The molecule has 0 radical (unpaired) electrons. The molecule has 0 aliphatic heterocycles. The number of nitro groups is 1. The van der Waals surface area contributed by atoms with Crippen molar-refractivity contribution < 1.29 is 33.6 Å². The van der Waals surface area contributed by atoms with Crippen molar-refractivity contribution >= 4 is 57.5 Å². The molecule has 0 unspecified atom stereocenters. The first-order valence-electron chi connectivity index (χ1n) is 12.3. The Hall–Kier alpha value is -4.31. The van der Waals surface area contributed by atoms with Crippen LogP contribution in [0.5, 0.6) is 0 Å². The molecular formula is C25H28N6O8S2. The van der Waals surface area contributed by atoms with Gasteiger partial charge in [0.05, 0.1) is 35.5 Å². The summed E-state index contributed by atoms with van der Waals surface area (Å²) in [5, 5.41) is 24.2. The highest BCUT2D eigenvalue weighted by molar-refractivity contribution is 8.00. The summed E-state index contributed by atoms with van der Waals surface area (Å²) in [6.07, 6.45) is 0. The van der Waals surface area contributed by atoms with Crippen molar-refractivity contribution in [3.63, 3.8) is 0 Å². The molecule has 2 aromatic heterocycles. The molecule has 14 nitrogen and oxygen atoms in total. The summed E-state index contributed by atoms with van der Waals surface area (Å²) in [6, 6.07) is 5.18. The van der Waals surface area contributed by atoms with Crippen molar-refractivity contribution in [1.29, 1.82) is 0 Å². The first-order chi connectivity index (χ1) is 19.5. The molecule has 41 heavy (non-hydrogen) atoms. The average Bonchev–Trinajstić information content (AvgIpc) is 3.45. The zero-order chi connectivity index (χ0) is 30.3. The first-order valence-corrected chi connectivity index (χ1v) is 14.0. The van der Waals surface area contributed by atoms with E-state index < -0.39 is 33.9 Å². The largest absolute Gasteiger partial charge is 0.462 e. The van der Waals surface area contributed by atoms with Crippen LogP contribution < -0.4 is 10.6 Å². The molecule has 0 saturated heterocycles. The Morgan fingerprint density at radius 1 is 1.10 bits per heavy atom. The van der Waals surface area contributed by atoms with Crippen molar-refractivity contribution in [3.8, 4) is 0 Å². The number of nitro benzene ring substituents is 1. The van der Waals surface area contributed by atoms with E-state index in [0.717, 1.165) is 23.1 Å². The molecule has 2 heterocycles. The zero-order valence-electron chi connectivity index (χ0n) is 22.9. The molecular weight excluding hydrogens is 576 g/mol. The highest BCUT2D eigenvalue weighted by Crippen LogP contribution is 2.35. The molecule has 0 aliphatic carbocycles. The third-order valence-electron chi connectivity index (χ3n) is 5.65. The van der Waals surface area contributed by atoms with Gasteiger partial charge in [-0.05, 0) is 45.4 Å². The van der Waals surface area contributed by atoms with Gasteiger partial charge in [-0.15, -0.1) is 21.5 Å². The van der Waals surface area contributed by atoms with Crippen molar-refractivity contribution in [2.24, 2.45) is 7.05 Å². The van der Waals surface area contributed by atoms with E-state index in [1.54, 1.807) is 39.3 Å². The van der Waals surface area contributed by atoms with Crippen LogP contribution in [0.25, 0.3) is 0 Å². The van der Waals surface area contributed by atoms with Gasteiger partial charge in [-0.1, -0.05) is 11.8 Å². The smallest absolute Gasteiger partial charge is 0.348 e. The Morgan fingerprint density at radius 3 is 2.34 bits per heavy atom. The number of carbonyl (C=O) groups excluding carboxylic acids is 4. The van der Waals surface area contributed by atoms with E-state index in [9.17, 15) is 29.3 Å². The molecule has 2 N–H and O–H groups in total. The van der Waals surface area contributed by atoms with Crippen molar-refractivity contribution in [3.05, 3.63) is 61.8 Å². The molecule has 3 rings (SSSR count). The number of esters is 2. The van der Waals surface area contributed by atoms with Crippen LogP contribution in [-0.4, -0.2) is 61.9 Å². The Kier molecular flexibility index (Phi) is 10.5. The summed E-state index contributed by atoms with van der Waals surface area (Å²) in [7, 11) is 1.67. The lowest BCUT2D eigenvalue weighted by molar-refractivity contribution is -0.384. The number of non-ortho nitro benzene ring substituents is 1. The number of rotatable bonds is 12. The van der Waals surface area contributed by atoms with Gasteiger partial charge in [0.25, 0.3) is 11.6 Å². The maximum absolute atomic E-state index is 13.1. The minimum atomic E-state index is -0.691. The van der Waals surface area contributed by atoms with Crippen LogP contribution in [0.2, 0.25) is 0 Å². The fraction of sp³-hybridized carbons (Fsp3) is 0.360. The number of nitrogens with one attached hydrogen (secondary N) is 2. The van der Waals surface area contributed by atoms with Gasteiger partial charge in [0, 0.05) is 24.7 Å². The lowest BCUT2D eigenvalue weighted by Gasteiger charge is -2.12. The van der Waals surface area contributed by atoms with E-state index >= 15 is 0 Å². The molecule has 0 fully saturated rings.